The molecule has 0 saturated carbocycles. The fourth-order valence-electron chi connectivity index (χ4n) is 4.60. The normalized spacial score (nSPS) is 14.8. The second kappa shape index (κ2) is 11.3. The lowest BCUT2D eigenvalue weighted by atomic mass is 9.95. The van der Waals surface area contributed by atoms with E-state index >= 15 is 0 Å². The third-order valence-corrected chi connectivity index (χ3v) is 7.49. The molecule has 5 rings (SSSR count). The molecule has 0 amide bonds. The molecule has 41 heavy (non-hydrogen) atoms. The summed E-state index contributed by atoms with van der Waals surface area (Å²) in [7, 11) is 3.04. The summed E-state index contributed by atoms with van der Waals surface area (Å²) in [4.78, 5) is 42.5. The van der Waals surface area contributed by atoms with E-state index in [0.29, 0.717) is 49.2 Å². The number of rotatable bonds is 8. The lowest BCUT2D eigenvalue weighted by Gasteiger charge is -2.26. The molecule has 1 aliphatic rings. The largest absolute Gasteiger partial charge is 0.497 e. The van der Waals surface area contributed by atoms with Gasteiger partial charge in [-0.3, -0.25) is 19.5 Å². The number of hydrogen-bond acceptors (Lipinski definition) is 10. The third kappa shape index (κ3) is 5.16. The summed E-state index contributed by atoms with van der Waals surface area (Å²) in [6.45, 7) is 3.56. The molecule has 0 N–H and O–H groups in total. The van der Waals surface area contributed by atoms with E-state index in [4.69, 9.17) is 18.6 Å². The summed E-state index contributed by atoms with van der Waals surface area (Å²) in [6, 6.07) is 13.7. The van der Waals surface area contributed by atoms with Gasteiger partial charge in [-0.25, -0.2) is 9.79 Å². The Bertz CT molecular complexity index is 1860. The van der Waals surface area contributed by atoms with Gasteiger partial charge in [0.1, 0.15) is 29.1 Å². The van der Waals surface area contributed by atoms with Crippen molar-refractivity contribution in [2.45, 2.75) is 19.9 Å². The van der Waals surface area contributed by atoms with Crippen LogP contribution in [0.5, 0.6) is 11.5 Å². The molecule has 4 aromatic rings. The number of thiazole rings is 1. The average molecular weight is 576 g/mol. The van der Waals surface area contributed by atoms with E-state index in [1.54, 1.807) is 62.4 Å². The Labute approximate surface area is 237 Å². The van der Waals surface area contributed by atoms with Crippen LogP contribution >= 0.6 is 11.3 Å². The van der Waals surface area contributed by atoms with E-state index in [9.17, 15) is 19.7 Å². The Morgan fingerprint density at radius 2 is 1.90 bits per heavy atom. The standard InChI is InChI=1S/C29H25N3O8S/c1-5-39-28(34)25-16(2)30-29-31(26(25)21-14-19(37-3)10-13-23(21)38-4)27(33)24(41-29)15-20-11-12-22(40-20)17-6-8-18(9-7-17)32(35)36/h6-15,26H,5H2,1-4H3. The van der Waals surface area contributed by atoms with E-state index < -0.39 is 16.9 Å². The monoisotopic (exact) mass is 575 g/mol. The molecule has 0 aliphatic carbocycles. The second-order valence-corrected chi connectivity index (χ2v) is 9.93. The number of methoxy groups -OCH3 is 2. The predicted octanol–water partition coefficient (Wildman–Crippen LogP) is 3.98. The predicted molar refractivity (Wildman–Crippen MR) is 151 cm³/mol. The van der Waals surface area contributed by atoms with Gasteiger partial charge in [0.2, 0.25) is 0 Å². The maximum absolute atomic E-state index is 13.9. The molecule has 1 aliphatic heterocycles. The smallest absolute Gasteiger partial charge is 0.338 e. The molecule has 11 nitrogen and oxygen atoms in total. The van der Waals surface area contributed by atoms with E-state index in [0.717, 1.165) is 11.3 Å². The molecule has 0 spiro atoms. The number of nitrogens with zero attached hydrogens (tertiary/aromatic N) is 3. The van der Waals surface area contributed by atoms with Crippen LogP contribution in [0.3, 0.4) is 0 Å². The Morgan fingerprint density at radius 3 is 2.56 bits per heavy atom. The molecule has 2 aromatic heterocycles. The zero-order valence-corrected chi connectivity index (χ0v) is 23.4. The van der Waals surface area contributed by atoms with Crippen LogP contribution in [0.25, 0.3) is 17.4 Å². The highest BCUT2D eigenvalue weighted by Gasteiger charge is 2.35. The molecule has 0 bridgehead atoms. The average Bonchev–Trinajstić information content (AvgIpc) is 3.56. The Morgan fingerprint density at radius 1 is 1.15 bits per heavy atom. The molecule has 0 radical (unpaired) electrons. The van der Waals surface area contributed by atoms with Gasteiger partial charge in [-0.2, -0.15) is 0 Å². The minimum Gasteiger partial charge on any atom is -0.497 e. The van der Waals surface area contributed by atoms with Crippen molar-refractivity contribution < 1.29 is 28.3 Å². The second-order valence-electron chi connectivity index (χ2n) is 8.92. The van der Waals surface area contributed by atoms with Crippen LogP contribution in [-0.2, 0) is 9.53 Å². The maximum Gasteiger partial charge on any atom is 0.338 e. The first-order valence-electron chi connectivity index (χ1n) is 12.5. The highest BCUT2D eigenvalue weighted by Crippen LogP contribution is 2.38. The van der Waals surface area contributed by atoms with Gasteiger partial charge < -0.3 is 18.6 Å². The third-order valence-electron chi connectivity index (χ3n) is 6.51. The summed E-state index contributed by atoms with van der Waals surface area (Å²) < 4.78 is 24.1. The van der Waals surface area contributed by atoms with E-state index in [-0.39, 0.29) is 23.4 Å². The van der Waals surface area contributed by atoms with Crippen molar-refractivity contribution in [3.8, 4) is 22.8 Å². The van der Waals surface area contributed by atoms with E-state index in [1.807, 2.05) is 0 Å². The Kier molecular flexibility index (Phi) is 7.58. The fourth-order valence-corrected chi connectivity index (χ4v) is 5.63. The number of carbonyl (C=O) groups excluding carboxylic acids is 1. The van der Waals surface area contributed by atoms with Gasteiger partial charge in [0, 0.05) is 29.3 Å². The van der Waals surface area contributed by atoms with Gasteiger partial charge in [-0.1, -0.05) is 11.3 Å². The van der Waals surface area contributed by atoms with Gasteiger partial charge in [0.25, 0.3) is 11.2 Å². The number of aromatic nitrogens is 1. The molecule has 1 atom stereocenters. The highest BCUT2D eigenvalue weighted by atomic mass is 32.1. The first-order chi connectivity index (χ1) is 19.7. The van der Waals surface area contributed by atoms with E-state index in [2.05, 4.69) is 4.99 Å². The molecule has 2 aromatic carbocycles. The van der Waals surface area contributed by atoms with Crippen molar-refractivity contribution >= 4 is 29.1 Å². The zero-order valence-electron chi connectivity index (χ0n) is 22.6. The molecular weight excluding hydrogens is 550 g/mol. The Balaban J connectivity index is 1.64. The van der Waals surface area contributed by atoms with Crippen molar-refractivity contribution in [2.24, 2.45) is 4.99 Å². The number of fused-ring (bicyclic) bond motifs is 1. The number of nitro benzene ring substituents is 1. The summed E-state index contributed by atoms with van der Waals surface area (Å²) in [5.41, 5.74) is 1.42. The lowest BCUT2D eigenvalue weighted by Crippen LogP contribution is -2.40. The van der Waals surface area contributed by atoms with Crippen molar-refractivity contribution in [2.75, 3.05) is 20.8 Å². The fraction of sp³-hybridized carbons (Fsp3) is 0.207. The topological polar surface area (TPSA) is 135 Å². The van der Waals surface area contributed by atoms with Crippen molar-refractivity contribution in [1.82, 2.24) is 4.57 Å². The van der Waals surface area contributed by atoms with Gasteiger partial charge in [0.05, 0.1) is 41.6 Å². The number of carbonyl (C=O) groups is 1. The number of ether oxygens (including phenoxy) is 3. The van der Waals surface area contributed by atoms with Crippen LogP contribution in [0.1, 0.15) is 31.2 Å². The number of allylic oxidation sites excluding steroid dienone is 1. The molecule has 0 saturated heterocycles. The summed E-state index contributed by atoms with van der Waals surface area (Å²) >= 11 is 1.15. The number of nitro groups is 1. The van der Waals surface area contributed by atoms with E-state index in [1.165, 1.54) is 30.9 Å². The van der Waals surface area contributed by atoms with Crippen LogP contribution in [0, 0.1) is 10.1 Å². The summed E-state index contributed by atoms with van der Waals surface area (Å²) in [5.74, 6) is 1.28. The molecule has 3 heterocycles. The van der Waals surface area contributed by atoms with Gasteiger partial charge >= 0.3 is 5.97 Å². The van der Waals surface area contributed by atoms with Crippen LogP contribution in [-0.4, -0.2) is 36.3 Å². The van der Waals surface area contributed by atoms with Gasteiger partial charge in [-0.15, -0.1) is 0 Å². The summed E-state index contributed by atoms with van der Waals surface area (Å²) in [6.07, 6.45) is 1.60. The summed E-state index contributed by atoms with van der Waals surface area (Å²) in [5, 5.41) is 11.0. The van der Waals surface area contributed by atoms with Crippen LogP contribution in [0.4, 0.5) is 5.69 Å². The van der Waals surface area contributed by atoms with Gasteiger partial charge in [0.15, 0.2) is 4.80 Å². The molecule has 12 heteroatoms. The van der Waals surface area contributed by atoms with Crippen molar-refractivity contribution in [3.05, 3.63) is 107 Å². The number of non-ortho nitro benzene ring substituents is 1. The quantitative estimate of drug-likeness (QED) is 0.175. The minimum absolute atomic E-state index is 0.0265. The number of esters is 1. The van der Waals surface area contributed by atoms with Crippen molar-refractivity contribution in [3.63, 3.8) is 0 Å². The van der Waals surface area contributed by atoms with Gasteiger partial charge in [-0.05, 0) is 56.3 Å². The highest BCUT2D eigenvalue weighted by molar-refractivity contribution is 7.07. The number of hydrogen-bond donors (Lipinski definition) is 0. The lowest BCUT2D eigenvalue weighted by molar-refractivity contribution is -0.384. The number of benzene rings is 2. The Hall–Kier alpha value is -4.97. The first kappa shape index (κ1) is 27.6. The minimum atomic E-state index is -0.884. The maximum atomic E-state index is 13.9. The zero-order chi connectivity index (χ0) is 29.3. The van der Waals surface area contributed by atoms with Crippen LogP contribution < -0.4 is 24.4 Å². The first-order valence-corrected chi connectivity index (χ1v) is 13.3. The SMILES string of the molecule is CCOC(=O)C1=C(C)N=c2sc(=Cc3ccc(-c4ccc([N+](=O)[O-])cc4)o3)c(=O)n2C1c1cc(OC)ccc1OC. The van der Waals surface area contributed by atoms with Crippen LogP contribution in [0.15, 0.2) is 80.1 Å². The molecule has 1 unspecified atom stereocenters. The van der Waals surface area contributed by atoms with Crippen LogP contribution in [0.2, 0.25) is 0 Å². The van der Waals surface area contributed by atoms with Crippen molar-refractivity contribution in [1.29, 1.82) is 0 Å². The number of furan rings is 1. The molecular formula is C29H25N3O8S. The molecule has 210 valence electrons. The molecule has 0 fully saturated rings.